The average molecular weight is 599 g/mol. The summed E-state index contributed by atoms with van der Waals surface area (Å²) in [4.78, 5) is 23.7. The minimum Gasteiger partial charge on any atom is -0.481 e. The molecular formula is C27H30ClF3N4O4S. The van der Waals surface area contributed by atoms with Crippen LogP contribution in [0, 0.1) is 0 Å². The van der Waals surface area contributed by atoms with E-state index in [1.165, 1.54) is 22.5 Å². The third kappa shape index (κ3) is 10.3. The Labute approximate surface area is 238 Å². The molecule has 1 aromatic heterocycles. The second kappa shape index (κ2) is 14.9. The van der Waals surface area contributed by atoms with Gasteiger partial charge in [-0.25, -0.2) is 4.98 Å². The number of halogens is 4. The van der Waals surface area contributed by atoms with Gasteiger partial charge in [0.05, 0.1) is 35.7 Å². The Kier molecular flexibility index (Phi) is 11.6. The predicted octanol–water partition coefficient (Wildman–Crippen LogP) is 6.06. The Balaban J connectivity index is 0.000000482. The van der Waals surface area contributed by atoms with Gasteiger partial charge in [0, 0.05) is 24.0 Å². The fraction of sp³-hybridized carbons (Fsp3) is 0.370. The number of nitrogens with one attached hydrogen (secondary N) is 3. The molecule has 4 rings (SSSR count). The molecule has 0 atom stereocenters. The van der Waals surface area contributed by atoms with Crippen LogP contribution in [0.4, 0.5) is 24.0 Å². The van der Waals surface area contributed by atoms with Gasteiger partial charge in [0.1, 0.15) is 0 Å². The number of fused-ring (bicyclic) bond motifs is 1. The summed E-state index contributed by atoms with van der Waals surface area (Å²) in [5, 5.41) is 28.5. The number of nitrogens with zero attached hydrogens (tertiary/aromatic N) is 1. The van der Waals surface area contributed by atoms with Crippen LogP contribution in [-0.2, 0) is 29.0 Å². The molecule has 0 aliphatic carbocycles. The van der Waals surface area contributed by atoms with Crippen LogP contribution >= 0.6 is 22.9 Å². The number of benzene rings is 2. The summed E-state index contributed by atoms with van der Waals surface area (Å²) in [6.07, 6.45) is -3.70. The zero-order valence-corrected chi connectivity index (χ0v) is 23.1. The van der Waals surface area contributed by atoms with E-state index in [4.69, 9.17) is 21.8 Å². The summed E-state index contributed by atoms with van der Waals surface area (Å²) in [5.74, 6) is -2.15. The maximum Gasteiger partial charge on any atom is 0.390 e. The lowest BCUT2D eigenvalue weighted by Gasteiger charge is -2.16. The first-order chi connectivity index (χ1) is 19.0. The second-order valence-corrected chi connectivity index (χ2v) is 10.2. The van der Waals surface area contributed by atoms with Crippen molar-refractivity contribution in [1.29, 1.82) is 0 Å². The lowest BCUT2D eigenvalue weighted by molar-refractivity contribution is -0.143. The number of carboxylic acids is 2. The molecular weight excluding hydrogens is 569 g/mol. The van der Waals surface area contributed by atoms with E-state index in [1.54, 1.807) is 0 Å². The molecule has 0 fully saturated rings. The molecule has 0 bridgehead atoms. The van der Waals surface area contributed by atoms with Crippen LogP contribution in [0.3, 0.4) is 0 Å². The van der Waals surface area contributed by atoms with Crippen LogP contribution in [0.15, 0.2) is 41.8 Å². The molecule has 3 aromatic rings. The van der Waals surface area contributed by atoms with Gasteiger partial charge < -0.3 is 26.2 Å². The van der Waals surface area contributed by atoms with Crippen LogP contribution in [0.5, 0.6) is 0 Å². The molecule has 8 nitrogen and oxygen atoms in total. The fourth-order valence-electron chi connectivity index (χ4n) is 3.93. The van der Waals surface area contributed by atoms with Crippen molar-refractivity contribution in [3.8, 4) is 11.3 Å². The molecule has 1 aliphatic heterocycles. The van der Waals surface area contributed by atoms with Crippen molar-refractivity contribution >= 4 is 45.7 Å². The Hall–Kier alpha value is -3.35. The van der Waals surface area contributed by atoms with E-state index < -0.39 is 24.5 Å². The molecule has 0 saturated carbocycles. The number of carbonyl (C=O) groups is 2. The standard InChI is InChI=1S/C23H24ClF3N4S.C4H6O4/c24-19-6-5-16-7-10-28-11-8-18(16)21(19)30-13-15-1-3-17(4-2-15)20-14-32-22(31-20)29-12-9-23(25,26)27;5-3(6)1-2-4(7)8/h1-6,14,28,30H,7-13H2,(H,29,31);1-2H2,(H,5,6)(H,7,8). The zero-order valence-electron chi connectivity index (χ0n) is 21.5. The van der Waals surface area contributed by atoms with Crippen molar-refractivity contribution in [3.05, 3.63) is 63.5 Å². The van der Waals surface area contributed by atoms with Crippen LogP contribution < -0.4 is 16.0 Å². The Morgan fingerprint density at radius 1 is 1.00 bits per heavy atom. The largest absolute Gasteiger partial charge is 0.481 e. The van der Waals surface area contributed by atoms with Gasteiger partial charge in [-0.05, 0) is 48.7 Å². The van der Waals surface area contributed by atoms with Gasteiger partial charge in [-0.3, -0.25) is 9.59 Å². The van der Waals surface area contributed by atoms with Crippen LogP contribution in [-0.4, -0.2) is 52.9 Å². The quantitative estimate of drug-likeness (QED) is 0.191. The second-order valence-electron chi connectivity index (χ2n) is 8.98. The molecule has 0 unspecified atom stereocenters. The number of rotatable bonds is 10. The smallest absolute Gasteiger partial charge is 0.390 e. The lowest BCUT2D eigenvalue weighted by Crippen LogP contribution is -2.16. The van der Waals surface area contributed by atoms with Gasteiger partial charge in [0.2, 0.25) is 0 Å². The van der Waals surface area contributed by atoms with E-state index in [9.17, 15) is 22.8 Å². The highest BCUT2D eigenvalue weighted by Crippen LogP contribution is 2.31. The number of aliphatic carboxylic acids is 2. The minimum absolute atomic E-state index is 0.178. The van der Waals surface area contributed by atoms with Crippen LogP contribution in [0.2, 0.25) is 5.02 Å². The molecule has 0 amide bonds. The number of alkyl halides is 3. The maximum atomic E-state index is 12.3. The van der Waals surface area contributed by atoms with Crippen LogP contribution in [0.25, 0.3) is 11.3 Å². The Bertz CT molecular complexity index is 1270. The summed E-state index contributed by atoms with van der Waals surface area (Å²) in [6, 6.07) is 12.1. The third-order valence-electron chi connectivity index (χ3n) is 5.94. The number of thiazole rings is 1. The molecule has 0 saturated heterocycles. The molecule has 216 valence electrons. The summed E-state index contributed by atoms with van der Waals surface area (Å²) >= 11 is 7.79. The van der Waals surface area contributed by atoms with Gasteiger partial charge in [-0.2, -0.15) is 13.2 Å². The number of anilines is 2. The highest BCUT2D eigenvalue weighted by Gasteiger charge is 2.26. The van der Waals surface area contributed by atoms with E-state index >= 15 is 0 Å². The van der Waals surface area contributed by atoms with Gasteiger partial charge >= 0.3 is 18.1 Å². The average Bonchev–Trinajstić information content (AvgIpc) is 3.23. The Morgan fingerprint density at radius 3 is 2.33 bits per heavy atom. The predicted molar refractivity (Wildman–Crippen MR) is 150 cm³/mol. The maximum absolute atomic E-state index is 12.3. The van der Waals surface area contributed by atoms with Gasteiger partial charge in [-0.15, -0.1) is 11.3 Å². The number of hydrogen-bond donors (Lipinski definition) is 5. The Morgan fingerprint density at radius 2 is 1.68 bits per heavy atom. The SMILES string of the molecule is FC(F)(F)CCNc1nc(-c2ccc(CNc3c(Cl)ccc4c3CCNCC4)cc2)cs1.O=C(O)CCC(=O)O. The molecule has 13 heteroatoms. The summed E-state index contributed by atoms with van der Waals surface area (Å²) in [5.41, 5.74) is 6.39. The summed E-state index contributed by atoms with van der Waals surface area (Å²) < 4.78 is 36.9. The van der Waals surface area contributed by atoms with E-state index in [-0.39, 0.29) is 19.4 Å². The fourth-order valence-corrected chi connectivity index (χ4v) is 4.92. The molecule has 1 aliphatic rings. The van der Waals surface area contributed by atoms with Crippen molar-refractivity contribution in [2.75, 3.05) is 30.3 Å². The number of carboxylic acid groups (broad SMARTS) is 2. The van der Waals surface area contributed by atoms with Crippen molar-refractivity contribution in [2.24, 2.45) is 0 Å². The first-order valence-electron chi connectivity index (χ1n) is 12.6. The third-order valence-corrected chi connectivity index (χ3v) is 7.06. The van der Waals surface area contributed by atoms with Crippen LogP contribution in [0.1, 0.15) is 36.0 Å². The molecule has 2 heterocycles. The molecule has 5 N–H and O–H groups in total. The van der Waals surface area contributed by atoms with Gasteiger partial charge in [0.25, 0.3) is 0 Å². The van der Waals surface area contributed by atoms with Crippen molar-refractivity contribution in [1.82, 2.24) is 10.3 Å². The number of aromatic nitrogens is 1. The lowest BCUT2D eigenvalue weighted by atomic mass is 10.0. The van der Waals surface area contributed by atoms with Crippen molar-refractivity contribution in [3.63, 3.8) is 0 Å². The highest BCUT2D eigenvalue weighted by molar-refractivity contribution is 7.14. The summed E-state index contributed by atoms with van der Waals surface area (Å²) in [7, 11) is 0. The highest BCUT2D eigenvalue weighted by atomic mass is 35.5. The van der Waals surface area contributed by atoms with E-state index in [0.29, 0.717) is 11.7 Å². The summed E-state index contributed by atoms with van der Waals surface area (Å²) in [6.45, 7) is 2.39. The van der Waals surface area contributed by atoms with Crippen molar-refractivity contribution in [2.45, 2.75) is 44.8 Å². The molecule has 40 heavy (non-hydrogen) atoms. The first-order valence-corrected chi connectivity index (χ1v) is 13.8. The molecule has 0 radical (unpaired) electrons. The van der Waals surface area contributed by atoms with Crippen molar-refractivity contribution < 1.29 is 33.0 Å². The minimum atomic E-state index is -4.17. The van der Waals surface area contributed by atoms with E-state index in [2.05, 4.69) is 27.0 Å². The van der Waals surface area contributed by atoms with Gasteiger partial charge in [-0.1, -0.05) is 41.9 Å². The molecule has 2 aromatic carbocycles. The van der Waals surface area contributed by atoms with E-state index in [1.807, 2.05) is 35.7 Å². The zero-order chi connectivity index (χ0) is 29.1. The topological polar surface area (TPSA) is 124 Å². The van der Waals surface area contributed by atoms with Gasteiger partial charge in [0.15, 0.2) is 5.13 Å². The normalized spacial score (nSPS) is 12.9. The van der Waals surface area contributed by atoms with E-state index in [0.717, 1.165) is 53.5 Å². The molecule has 0 spiro atoms. The monoisotopic (exact) mass is 598 g/mol. The number of hydrogen-bond acceptors (Lipinski definition) is 7. The first kappa shape index (κ1) is 31.2.